The fraction of sp³-hybridized carbons (Fsp3) is 0.375. The summed E-state index contributed by atoms with van der Waals surface area (Å²) in [4.78, 5) is 9.46. The van der Waals surface area contributed by atoms with Gasteiger partial charge in [-0.05, 0) is 56.8 Å². The molecule has 6 heteroatoms. The second-order valence-electron chi connectivity index (χ2n) is 7.79. The average Bonchev–Trinajstić information content (AvgIpc) is 3.49. The van der Waals surface area contributed by atoms with Crippen LogP contribution in [0.4, 0.5) is 0 Å². The first-order valence-corrected chi connectivity index (χ1v) is 11.3. The molecule has 0 aliphatic carbocycles. The van der Waals surface area contributed by atoms with Gasteiger partial charge in [-0.1, -0.05) is 12.2 Å². The number of furan rings is 1. The zero-order chi connectivity index (χ0) is 20.8. The molecule has 3 aromatic rings. The van der Waals surface area contributed by atoms with Gasteiger partial charge in [-0.3, -0.25) is 9.80 Å². The van der Waals surface area contributed by atoms with Crippen LogP contribution < -0.4 is 4.74 Å². The number of ether oxygens (including phenoxy) is 1. The highest BCUT2D eigenvalue weighted by atomic mass is 32.1. The van der Waals surface area contributed by atoms with E-state index in [-0.39, 0.29) is 0 Å². The highest BCUT2D eigenvalue weighted by molar-refractivity contribution is 7.13. The molecule has 30 heavy (non-hydrogen) atoms. The van der Waals surface area contributed by atoms with E-state index in [1.165, 1.54) is 0 Å². The standard InChI is InChI=1S/C24H29N3O2S/c1-19-6-3-12-27(19)13-5-15-28-22-10-8-20(9-11-22)24-25-21(18-30-24)16-26(2)17-23-7-4-14-29-23/h3-4,6-11,14,18-19H,5,12-13,15-17H2,1-2H3. The fourth-order valence-corrected chi connectivity index (χ4v) is 4.46. The van der Waals surface area contributed by atoms with Crippen LogP contribution in [-0.2, 0) is 13.1 Å². The summed E-state index contributed by atoms with van der Waals surface area (Å²) < 4.78 is 11.3. The van der Waals surface area contributed by atoms with Crippen molar-refractivity contribution in [3.05, 3.63) is 71.6 Å². The van der Waals surface area contributed by atoms with Gasteiger partial charge in [-0.2, -0.15) is 0 Å². The summed E-state index contributed by atoms with van der Waals surface area (Å²) in [6, 6.07) is 12.7. The van der Waals surface area contributed by atoms with Gasteiger partial charge in [0.15, 0.2) is 0 Å². The Balaban J connectivity index is 1.23. The maximum atomic E-state index is 5.92. The minimum Gasteiger partial charge on any atom is -0.494 e. The number of hydrogen-bond acceptors (Lipinski definition) is 6. The van der Waals surface area contributed by atoms with Crippen molar-refractivity contribution < 1.29 is 9.15 Å². The molecule has 1 unspecified atom stereocenters. The van der Waals surface area contributed by atoms with Crippen molar-refractivity contribution in [2.75, 3.05) is 26.7 Å². The molecule has 0 N–H and O–H groups in total. The molecule has 0 saturated carbocycles. The first-order chi connectivity index (χ1) is 14.7. The first kappa shape index (κ1) is 20.8. The van der Waals surface area contributed by atoms with Gasteiger partial charge in [0.2, 0.25) is 0 Å². The normalized spacial score (nSPS) is 16.6. The van der Waals surface area contributed by atoms with E-state index in [2.05, 4.69) is 53.4 Å². The maximum Gasteiger partial charge on any atom is 0.123 e. The van der Waals surface area contributed by atoms with Crippen molar-refractivity contribution in [2.45, 2.75) is 32.5 Å². The summed E-state index contributed by atoms with van der Waals surface area (Å²) in [5.41, 5.74) is 2.21. The summed E-state index contributed by atoms with van der Waals surface area (Å²) in [5, 5.41) is 3.17. The lowest BCUT2D eigenvalue weighted by Gasteiger charge is -2.20. The fourth-order valence-electron chi connectivity index (χ4n) is 3.64. The number of benzene rings is 1. The SMILES string of the molecule is CC1C=CCN1CCCOc1ccc(-c2nc(CN(C)Cc3ccco3)cs2)cc1. The highest BCUT2D eigenvalue weighted by Crippen LogP contribution is 2.26. The van der Waals surface area contributed by atoms with Crippen LogP contribution in [0, 0.1) is 0 Å². The molecule has 1 aliphatic rings. The van der Waals surface area contributed by atoms with Crippen LogP contribution in [0.1, 0.15) is 24.8 Å². The number of rotatable bonds is 10. The molecule has 3 heterocycles. The third-order valence-electron chi connectivity index (χ3n) is 5.28. The van der Waals surface area contributed by atoms with Crippen LogP contribution in [0.5, 0.6) is 5.75 Å². The number of thiazole rings is 1. The summed E-state index contributed by atoms with van der Waals surface area (Å²) in [6.07, 6.45) is 7.25. The minimum atomic E-state index is 0.553. The van der Waals surface area contributed by atoms with Gasteiger partial charge < -0.3 is 9.15 Å². The van der Waals surface area contributed by atoms with Crippen molar-refractivity contribution in [3.63, 3.8) is 0 Å². The van der Waals surface area contributed by atoms with E-state index in [1.807, 2.05) is 24.3 Å². The Bertz CT molecular complexity index is 934. The van der Waals surface area contributed by atoms with Crippen LogP contribution in [0.3, 0.4) is 0 Å². The molecule has 4 rings (SSSR count). The Hall–Kier alpha value is -2.41. The lowest BCUT2D eigenvalue weighted by molar-refractivity contribution is 0.240. The first-order valence-electron chi connectivity index (χ1n) is 10.5. The van der Waals surface area contributed by atoms with E-state index in [1.54, 1.807) is 17.6 Å². The summed E-state index contributed by atoms with van der Waals surface area (Å²) in [6.45, 7) is 6.69. The van der Waals surface area contributed by atoms with Gasteiger partial charge in [-0.25, -0.2) is 4.98 Å². The van der Waals surface area contributed by atoms with Gasteiger partial charge in [-0.15, -0.1) is 11.3 Å². The second kappa shape index (κ2) is 10.1. The largest absolute Gasteiger partial charge is 0.494 e. The quantitative estimate of drug-likeness (QED) is 0.337. The monoisotopic (exact) mass is 423 g/mol. The number of hydrogen-bond donors (Lipinski definition) is 0. The van der Waals surface area contributed by atoms with Crippen LogP contribution in [0.2, 0.25) is 0 Å². The molecule has 0 fully saturated rings. The van der Waals surface area contributed by atoms with E-state index in [4.69, 9.17) is 14.1 Å². The van der Waals surface area contributed by atoms with E-state index < -0.39 is 0 Å². The number of aromatic nitrogens is 1. The summed E-state index contributed by atoms with van der Waals surface area (Å²) >= 11 is 1.68. The topological polar surface area (TPSA) is 41.7 Å². The molecule has 1 atom stereocenters. The molecule has 1 aliphatic heterocycles. The molecule has 0 bridgehead atoms. The maximum absolute atomic E-state index is 5.92. The smallest absolute Gasteiger partial charge is 0.123 e. The number of nitrogens with zero attached hydrogens (tertiary/aromatic N) is 3. The van der Waals surface area contributed by atoms with E-state index in [0.29, 0.717) is 6.04 Å². The minimum absolute atomic E-state index is 0.553. The molecular weight excluding hydrogens is 394 g/mol. The molecule has 0 saturated heterocycles. The average molecular weight is 424 g/mol. The van der Waals surface area contributed by atoms with Crippen LogP contribution in [0.15, 0.2) is 64.6 Å². The van der Waals surface area contributed by atoms with Gasteiger partial charge in [0.05, 0.1) is 25.1 Å². The van der Waals surface area contributed by atoms with Crippen LogP contribution in [0.25, 0.3) is 10.6 Å². The van der Waals surface area contributed by atoms with Gasteiger partial charge in [0.1, 0.15) is 16.5 Å². The van der Waals surface area contributed by atoms with Crippen molar-refractivity contribution in [1.82, 2.24) is 14.8 Å². The van der Waals surface area contributed by atoms with E-state index in [0.717, 1.165) is 67.0 Å². The van der Waals surface area contributed by atoms with E-state index >= 15 is 0 Å². The Morgan fingerprint density at radius 3 is 2.83 bits per heavy atom. The van der Waals surface area contributed by atoms with Crippen LogP contribution >= 0.6 is 11.3 Å². The Morgan fingerprint density at radius 2 is 2.10 bits per heavy atom. The van der Waals surface area contributed by atoms with Crippen molar-refractivity contribution in [1.29, 1.82) is 0 Å². The predicted molar refractivity (Wildman–Crippen MR) is 122 cm³/mol. The molecule has 0 spiro atoms. The van der Waals surface area contributed by atoms with Gasteiger partial charge in [0, 0.05) is 36.6 Å². The van der Waals surface area contributed by atoms with Crippen LogP contribution in [-0.4, -0.2) is 47.6 Å². The van der Waals surface area contributed by atoms with Gasteiger partial charge in [0.25, 0.3) is 0 Å². The Morgan fingerprint density at radius 1 is 1.23 bits per heavy atom. The molecule has 0 amide bonds. The Labute approximate surface area is 182 Å². The third kappa shape index (κ3) is 5.59. The lowest BCUT2D eigenvalue weighted by Crippen LogP contribution is -2.29. The molecule has 0 radical (unpaired) electrons. The third-order valence-corrected chi connectivity index (χ3v) is 6.22. The summed E-state index contributed by atoms with van der Waals surface area (Å²) in [7, 11) is 2.08. The summed E-state index contributed by atoms with van der Waals surface area (Å²) in [5.74, 6) is 1.89. The Kier molecular flexibility index (Phi) is 7.00. The lowest BCUT2D eigenvalue weighted by atomic mass is 10.2. The molecule has 2 aromatic heterocycles. The highest BCUT2D eigenvalue weighted by Gasteiger charge is 2.14. The van der Waals surface area contributed by atoms with E-state index in [9.17, 15) is 0 Å². The molecule has 5 nitrogen and oxygen atoms in total. The van der Waals surface area contributed by atoms with Crippen molar-refractivity contribution in [3.8, 4) is 16.3 Å². The zero-order valence-corrected chi connectivity index (χ0v) is 18.5. The zero-order valence-electron chi connectivity index (χ0n) is 17.7. The van der Waals surface area contributed by atoms with Crippen molar-refractivity contribution >= 4 is 11.3 Å². The predicted octanol–water partition coefficient (Wildman–Crippen LogP) is 5.06. The second-order valence-corrected chi connectivity index (χ2v) is 8.64. The molecule has 158 valence electrons. The van der Waals surface area contributed by atoms with Crippen molar-refractivity contribution in [2.24, 2.45) is 0 Å². The van der Waals surface area contributed by atoms with Gasteiger partial charge >= 0.3 is 0 Å². The molecular formula is C24H29N3O2S. The molecule has 1 aromatic carbocycles.